The SMILES string of the molecule is CC1C(N)CCC1CC1Cc2ccccc2O1. The first-order valence-electron chi connectivity index (χ1n) is 6.74. The Morgan fingerprint density at radius 2 is 2.12 bits per heavy atom. The lowest BCUT2D eigenvalue weighted by Crippen LogP contribution is -2.27. The van der Waals surface area contributed by atoms with Crippen LogP contribution >= 0.6 is 0 Å². The molecule has 0 aromatic heterocycles. The van der Waals surface area contributed by atoms with Gasteiger partial charge in [0.2, 0.25) is 0 Å². The Bertz CT molecular complexity index is 379. The first kappa shape index (κ1) is 11.1. The third-order valence-corrected chi connectivity index (χ3v) is 4.57. The highest BCUT2D eigenvalue weighted by Gasteiger charge is 2.34. The smallest absolute Gasteiger partial charge is 0.123 e. The molecule has 0 spiro atoms. The summed E-state index contributed by atoms with van der Waals surface area (Å²) in [4.78, 5) is 0. The van der Waals surface area contributed by atoms with Crippen molar-refractivity contribution in [2.45, 2.75) is 44.8 Å². The summed E-state index contributed by atoms with van der Waals surface area (Å²) in [5.74, 6) is 2.50. The summed E-state index contributed by atoms with van der Waals surface area (Å²) in [5, 5.41) is 0. The molecule has 1 aliphatic heterocycles. The van der Waals surface area contributed by atoms with Crippen LogP contribution in [0.2, 0.25) is 0 Å². The fraction of sp³-hybridized carbons (Fsp3) is 0.600. The molecule has 2 nitrogen and oxygen atoms in total. The standard InChI is InChI=1S/C15H21NO/c1-10-11(6-7-14(10)16)8-13-9-12-4-2-3-5-15(12)17-13/h2-5,10-11,13-14H,6-9,16H2,1H3. The fourth-order valence-corrected chi connectivity index (χ4v) is 3.34. The molecule has 1 fully saturated rings. The number of para-hydroxylation sites is 1. The first-order valence-corrected chi connectivity index (χ1v) is 6.74. The van der Waals surface area contributed by atoms with E-state index in [1.54, 1.807) is 0 Å². The van der Waals surface area contributed by atoms with E-state index < -0.39 is 0 Å². The van der Waals surface area contributed by atoms with Crippen LogP contribution in [0.3, 0.4) is 0 Å². The van der Waals surface area contributed by atoms with Gasteiger partial charge in [-0.25, -0.2) is 0 Å². The molecule has 1 aromatic carbocycles. The van der Waals surface area contributed by atoms with Gasteiger partial charge in [0.1, 0.15) is 11.9 Å². The molecule has 4 atom stereocenters. The molecule has 1 aromatic rings. The van der Waals surface area contributed by atoms with Crippen molar-refractivity contribution in [3.8, 4) is 5.75 Å². The second-order valence-corrected chi connectivity index (χ2v) is 5.65. The zero-order valence-corrected chi connectivity index (χ0v) is 10.4. The minimum absolute atomic E-state index is 0.380. The summed E-state index contributed by atoms with van der Waals surface area (Å²) in [6, 6.07) is 8.82. The van der Waals surface area contributed by atoms with Gasteiger partial charge in [-0.1, -0.05) is 25.1 Å². The molecular weight excluding hydrogens is 210 g/mol. The van der Waals surface area contributed by atoms with Gasteiger partial charge >= 0.3 is 0 Å². The fourth-order valence-electron chi connectivity index (χ4n) is 3.34. The van der Waals surface area contributed by atoms with E-state index in [9.17, 15) is 0 Å². The number of ether oxygens (including phenoxy) is 1. The van der Waals surface area contributed by atoms with Gasteiger partial charge in [-0.3, -0.25) is 0 Å². The van der Waals surface area contributed by atoms with Gasteiger partial charge in [0.15, 0.2) is 0 Å². The highest BCUT2D eigenvalue weighted by atomic mass is 16.5. The largest absolute Gasteiger partial charge is 0.490 e. The predicted molar refractivity (Wildman–Crippen MR) is 69.0 cm³/mol. The summed E-state index contributed by atoms with van der Waals surface area (Å²) in [6.45, 7) is 2.30. The van der Waals surface area contributed by atoms with Crippen molar-refractivity contribution in [1.29, 1.82) is 0 Å². The summed E-state index contributed by atoms with van der Waals surface area (Å²) in [5.41, 5.74) is 7.45. The lowest BCUT2D eigenvalue weighted by Gasteiger charge is -2.21. The minimum Gasteiger partial charge on any atom is -0.490 e. The normalized spacial score (nSPS) is 35.6. The molecule has 0 bridgehead atoms. The monoisotopic (exact) mass is 231 g/mol. The zero-order chi connectivity index (χ0) is 11.8. The third-order valence-electron chi connectivity index (χ3n) is 4.57. The molecular formula is C15H21NO. The minimum atomic E-state index is 0.380. The van der Waals surface area contributed by atoms with Crippen LogP contribution in [-0.2, 0) is 6.42 Å². The van der Waals surface area contributed by atoms with Crippen LogP contribution in [0, 0.1) is 11.8 Å². The van der Waals surface area contributed by atoms with E-state index in [1.165, 1.54) is 24.8 Å². The third kappa shape index (κ3) is 2.06. The highest BCUT2D eigenvalue weighted by molar-refractivity contribution is 5.37. The molecule has 0 amide bonds. The van der Waals surface area contributed by atoms with Crippen LogP contribution in [0.25, 0.3) is 0 Å². The topological polar surface area (TPSA) is 35.2 Å². The van der Waals surface area contributed by atoms with Gasteiger partial charge in [0, 0.05) is 12.5 Å². The molecule has 3 rings (SSSR count). The Morgan fingerprint density at radius 1 is 1.29 bits per heavy atom. The van der Waals surface area contributed by atoms with Gasteiger partial charge in [0.25, 0.3) is 0 Å². The molecule has 1 aliphatic carbocycles. The van der Waals surface area contributed by atoms with Crippen molar-refractivity contribution in [3.05, 3.63) is 29.8 Å². The summed E-state index contributed by atoms with van der Waals surface area (Å²) in [7, 11) is 0. The molecule has 0 saturated heterocycles. The lowest BCUT2D eigenvalue weighted by atomic mass is 9.89. The molecule has 1 heterocycles. The highest BCUT2D eigenvalue weighted by Crippen LogP contribution is 2.37. The number of nitrogens with two attached hydrogens (primary N) is 1. The van der Waals surface area contributed by atoms with Crippen molar-refractivity contribution in [3.63, 3.8) is 0 Å². The van der Waals surface area contributed by atoms with Gasteiger partial charge in [-0.05, 0) is 42.7 Å². The van der Waals surface area contributed by atoms with Gasteiger partial charge in [-0.15, -0.1) is 0 Å². The van der Waals surface area contributed by atoms with Crippen LogP contribution in [-0.4, -0.2) is 12.1 Å². The van der Waals surface area contributed by atoms with E-state index in [2.05, 4.69) is 31.2 Å². The summed E-state index contributed by atoms with van der Waals surface area (Å²) >= 11 is 0. The Kier molecular flexibility index (Phi) is 2.83. The van der Waals surface area contributed by atoms with E-state index in [0.717, 1.165) is 18.1 Å². The van der Waals surface area contributed by atoms with Gasteiger partial charge in [-0.2, -0.15) is 0 Å². The van der Waals surface area contributed by atoms with Crippen LogP contribution in [0.5, 0.6) is 5.75 Å². The summed E-state index contributed by atoms with van der Waals surface area (Å²) in [6.07, 6.45) is 5.09. The number of hydrogen-bond acceptors (Lipinski definition) is 2. The van der Waals surface area contributed by atoms with Crippen LogP contribution in [0.1, 0.15) is 31.7 Å². The van der Waals surface area contributed by atoms with Crippen LogP contribution in [0.4, 0.5) is 0 Å². The second-order valence-electron chi connectivity index (χ2n) is 5.65. The molecule has 1 saturated carbocycles. The van der Waals surface area contributed by atoms with E-state index in [4.69, 9.17) is 10.5 Å². The quantitative estimate of drug-likeness (QED) is 0.849. The molecule has 17 heavy (non-hydrogen) atoms. The Labute approximate surface area is 103 Å². The average molecular weight is 231 g/mol. The van der Waals surface area contributed by atoms with Crippen LogP contribution < -0.4 is 10.5 Å². The molecule has 2 N–H and O–H groups in total. The lowest BCUT2D eigenvalue weighted by molar-refractivity contribution is 0.179. The van der Waals surface area contributed by atoms with Crippen molar-refractivity contribution < 1.29 is 4.74 Å². The number of hydrogen-bond donors (Lipinski definition) is 1. The van der Waals surface area contributed by atoms with Crippen LogP contribution in [0.15, 0.2) is 24.3 Å². The van der Waals surface area contributed by atoms with Crippen molar-refractivity contribution in [2.24, 2.45) is 17.6 Å². The molecule has 2 heteroatoms. The maximum atomic E-state index is 6.09. The van der Waals surface area contributed by atoms with E-state index in [0.29, 0.717) is 18.1 Å². The number of benzene rings is 1. The molecule has 0 radical (unpaired) electrons. The van der Waals surface area contributed by atoms with E-state index in [1.807, 2.05) is 0 Å². The maximum absolute atomic E-state index is 6.09. The van der Waals surface area contributed by atoms with Crippen molar-refractivity contribution in [1.82, 2.24) is 0 Å². The Morgan fingerprint density at radius 3 is 2.82 bits per heavy atom. The maximum Gasteiger partial charge on any atom is 0.123 e. The average Bonchev–Trinajstić information content (AvgIpc) is 2.87. The van der Waals surface area contributed by atoms with Crippen molar-refractivity contribution >= 4 is 0 Å². The Balaban J connectivity index is 1.62. The number of fused-ring (bicyclic) bond motifs is 1. The first-order chi connectivity index (χ1) is 8.24. The predicted octanol–water partition coefficient (Wildman–Crippen LogP) is 2.75. The Hall–Kier alpha value is -1.02. The second kappa shape index (κ2) is 4.34. The van der Waals surface area contributed by atoms with E-state index in [-0.39, 0.29) is 0 Å². The van der Waals surface area contributed by atoms with Gasteiger partial charge < -0.3 is 10.5 Å². The number of rotatable bonds is 2. The van der Waals surface area contributed by atoms with Gasteiger partial charge in [0.05, 0.1) is 0 Å². The zero-order valence-electron chi connectivity index (χ0n) is 10.4. The molecule has 92 valence electrons. The summed E-state index contributed by atoms with van der Waals surface area (Å²) < 4.78 is 6.01. The van der Waals surface area contributed by atoms with E-state index >= 15 is 0 Å². The molecule has 4 unspecified atom stereocenters. The molecule has 2 aliphatic rings. The van der Waals surface area contributed by atoms with Crippen molar-refractivity contribution in [2.75, 3.05) is 0 Å².